The van der Waals surface area contributed by atoms with Crippen molar-refractivity contribution in [2.75, 3.05) is 27.2 Å². The van der Waals surface area contributed by atoms with Gasteiger partial charge in [0.05, 0.1) is 5.69 Å². The number of carbonyl (C=O) groups excluding carboxylic acids is 1. The molecule has 2 heterocycles. The second kappa shape index (κ2) is 6.42. The lowest BCUT2D eigenvalue weighted by Gasteiger charge is -2.34. The van der Waals surface area contributed by atoms with Crippen molar-refractivity contribution in [2.24, 2.45) is 5.84 Å². The monoisotopic (exact) mass is 283 g/mol. The Bertz CT molecular complexity index is 428. The highest BCUT2D eigenvalue weighted by atomic mass is 32.1. The molecule has 1 aliphatic rings. The van der Waals surface area contributed by atoms with Gasteiger partial charge in [0.1, 0.15) is 0 Å². The molecule has 0 aliphatic carbocycles. The zero-order valence-electron chi connectivity index (χ0n) is 11.4. The maximum atomic E-state index is 11.3. The van der Waals surface area contributed by atoms with Crippen molar-refractivity contribution in [3.05, 3.63) is 16.1 Å². The summed E-state index contributed by atoms with van der Waals surface area (Å²) in [5, 5.41) is 2.35. The number of amides is 1. The third-order valence-corrected chi connectivity index (χ3v) is 4.49. The zero-order chi connectivity index (χ0) is 13.8. The third kappa shape index (κ3) is 3.73. The van der Waals surface area contributed by atoms with Crippen LogP contribution in [0.5, 0.6) is 0 Å². The van der Waals surface area contributed by atoms with Gasteiger partial charge < -0.3 is 4.90 Å². The number of rotatable bonds is 4. The predicted molar refractivity (Wildman–Crippen MR) is 75.8 cm³/mol. The van der Waals surface area contributed by atoms with Gasteiger partial charge in [0.2, 0.25) is 0 Å². The van der Waals surface area contributed by atoms with E-state index >= 15 is 0 Å². The Labute approximate surface area is 117 Å². The summed E-state index contributed by atoms with van der Waals surface area (Å²) in [6.07, 6.45) is 2.38. The van der Waals surface area contributed by atoms with Gasteiger partial charge in [0.25, 0.3) is 5.91 Å². The van der Waals surface area contributed by atoms with Crippen LogP contribution in [0.25, 0.3) is 0 Å². The molecule has 1 saturated heterocycles. The van der Waals surface area contributed by atoms with Crippen LogP contribution in [0, 0.1) is 0 Å². The molecule has 0 spiro atoms. The molecule has 0 saturated carbocycles. The number of likely N-dealkylation sites (tertiary alicyclic amines) is 1. The predicted octanol–water partition coefficient (Wildman–Crippen LogP) is 0.273. The Hall–Kier alpha value is -1.02. The highest BCUT2D eigenvalue weighted by Crippen LogP contribution is 2.17. The maximum Gasteiger partial charge on any atom is 0.294 e. The minimum Gasteiger partial charge on any atom is -0.306 e. The summed E-state index contributed by atoms with van der Waals surface area (Å²) in [6, 6.07) is 0.602. The molecule has 1 amide bonds. The Morgan fingerprint density at radius 3 is 2.95 bits per heavy atom. The second-order valence-corrected chi connectivity index (χ2v) is 5.93. The van der Waals surface area contributed by atoms with E-state index in [1.54, 1.807) is 0 Å². The molecule has 0 bridgehead atoms. The van der Waals surface area contributed by atoms with E-state index in [-0.39, 0.29) is 5.91 Å². The van der Waals surface area contributed by atoms with Gasteiger partial charge in [0.15, 0.2) is 5.01 Å². The summed E-state index contributed by atoms with van der Waals surface area (Å²) in [4.78, 5) is 20.3. The van der Waals surface area contributed by atoms with Crippen LogP contribution in [0.1, 0.15) is 28.3 Å². The van der Waals surface area contributed by atoms with Gasteiger partial charge in [0, 0.05) is 18.0 Å². The van der Waals surface area contributed by atoms with Crippen molar-refractivity contribution >= 4 is 17.2 Å². The van der Waals surface area contributed by atoms with Crippen molar-refractivity contribution in [1.82, 2.24) is 20.2 Å². The fourth-order valence-electron chi connectivity index (χ4n) is 2.37. The van der Waals surface area contributed by atoms with E-state index in [1.165, 1.54) is 24.2 Å². The first kappa shape index (κ1) is 14.4. The highest BCUT2D eigenvalue weighted by Gasteiger charge is 2.21. The van der Waals surface area contributed by atoms with Gasteiger partial charge in [-0.3, -0.25) is 15.1 Å². The molecule has 3 N–H and O–H groups in total. The number of nitrogens with zero attached hydrogens (tertiary/aromatic N) is 3. The molecule has 0 aromatic carbocycles. The molecule has 106 valence electrons. The van der Waals surface area contributed by atoms with Crippen LogP contribution < -0.4 is 11.3 Å². The Morgan fingerprint density at radius 2 is 2.32 bits per heavy atom. The van der Waals surface area contributed by atoms with Gasteiger partial charge in [-0.05, 0) is 40.0 Å². The first-order valence-corrected chi connectivity index (χ1v) is 7.32. The molecule has 1 aromatic rings. The summed E-state index contributed by atoms with van der Waals surface area (Å²) >= 11 is 1.33. The molecule has 1 fully saturated rings. The average molecular weight is 283 g/mol. The summed E-state index contributed by atoms with van der Waals surface area (Å²) in [5.41, 5.74) is 3.04. The Balaban J connectivity index is 1.89. The van der Waals surface area contributed by atoms with E-state index < -0.39 is 0 Å². The lowest BCUT2D eigenvalue weighted by molar-refractivity contribution is 0.0952. The van der Waals surface area contributed by atoms with Crippen LogP contribution in [-0.2, 0) is 6.54 Å². The van der Waals surface area contributed by atoms with Gasteiger partial charge in [-0.1, -0.05) is 0 Å². The number of carbonyl (C=O) groups is 1. The zero-order valence-corrected chi connectivity index (χ0v) is 12.2. The first-order chi connectivity index (χ1) is 9.10. The van der Waals surface area contributed by atoms with Crippen LogP contribution in [0.15, 0.2) is 5.38 Å². The third-order valence-electron chi connectivity index (χ3n) is 3.60. The maximum absolute atomic E-state index is 11.3. The van der Waals surface area contributed by atoms with Crippen LogP contribution in [0.2, 0.25) is 0 Å². The summed E-state index contributed by atoms with van der Waals surface area (Å²) in [7, 11) is 4.28. The smallest absolute Gasteiger partial charge is 0.294 e. The SMILES string of the molecule is CN1CCC(N(C)Cc2csc(C(=O)NN)n2)CC1. The number of piperidine rings is 1. The quantitative estimate of drug-likeness (QED) is 0.471. The van der Waals surface area contributed by atoms with E-state index in [2.05, 4.69) is 34.3 Å². The Kier molecular flexibility index (Phi) is 4.87. The summed E-state index contributed by atoms with van der Waals surface area (Å²) in [5.74, 6) is 4.78. The number of hydrogen-bond donors (Lipinski definition) is 2. The number of aromatic nitrogens is 1. The van der Waals surface area contributed by atoms with Crippen molar-refractivity contribution in [3.63, 3.8) is 0 Å². The van der Waals surface area contributed by atoms with E-state index in [4.69, 9.17) is 5.84 Å². The fourth-order valence-corrected chi connectivity index (χ4v) is 3.08. The fraction of sp³-hybridized carbons (Fsp3) is 0.667. The summed E-state index contributed by atoms with van der Waals surface area (Å²) in [6.45, 7) is 3.07. The number of nitrogens with one attached hydrogen (secondary N) is 1. The van der Waals surface area contributed by atoms with Crippen LogP contribution >= 0.6 is 11.3 Å². The lowest BCUT2D eigenvalue weighted by Crippen LogP contribution is -2.41. The minimum atomic E-state index is -0.321. The van der Waals surface area contributed by atoms with Crippen molar-refractivity contribution in [3.8, 4) is 0 Å². The average Bonchev–Trinajstić information content (AvgIpc) is 2.87. The van der Waals surface area contributed by atoms with Crippen molar-refractivity contribution in [2.45, 2.75) is 25.4 Å². The lowest BCUT2D eigenvalue weighted by atomic mass is 10.0. The van der Waals surface area contributed by atoms with E-state index in [0.717, 1.165) is 25.3 Å². The van der Waals surface area contributed by atoms with Crippen molar-refractivity contribution < 1.29 is 4.79 Å². The van der Waals surface area contributed by atoms with E-state index in [9.17, 15) is 4.79 Å². The van der Waals surface area contributed by atoms with E-state index in [1.807, 2.05) is 5.38 Å². The molecule has 0 atom stereocenters. The Morgan fingerprint density at radius 1 is 1.63 bits per heavy atom. The number of hydrogen-bond acceptors (Lipinski definition) is 6. The molecule has 0 radical (unpaired) electrons. The molecule has 19 heavy (non-hydrogen) atoms. The summed E-state index contributed by atoms with van der Waals surface area (Å²) < 4.78 is 0. The van der Waals surface area contributed by atoms with Gasteiger partial charge in [-0.15, -0.1) is 11.3 Å². The topological polar surface area (TPSA) is 74.5 Å². The number of hydrazine groups is 1. The largest absolute Gasteiger partial charge is 0.306 e. The number of nitrogen functional groups attached to an aromatic ring is 1. The standard InChI is InChI=1S/C12H21N5OS/c1-16-5-3-10(4-6-16)17(2)7-9-8-19-12(14-9)11(18)15-13/h8,10H,3-7,13H2,1-2H3,(H,15,18). The second-order valence-electron chi connectivity index (χ2n) is 5.07. The minimum absolute atomic E-state index is 0.321. The molecule has 7 heteroatoms. The molecular formula is C12H21N5OS. The van der Waals surface area contributed by atoms with E-state index in [0.29, 0.717) is 11.0 Å². The molecule has 1 aliphatic heterocycles. The van der Waals surface area contributed by atoms with Crippen LogP contribution in [-0.4, -0.2) is 53.9 Å². The normalized spacial score (nSPS) is 17.9. The molecule has 6 nitrogen and oxygen atoms in total. The molecule has 1 aromatic heterocycles. The van der Waals surface area contributed by atoms with Gasteiger partial charge in [-0.25, -0.2) is 10.8 Å². The van der Waals surface area contributed by atoms with Crippen LogP contribution in [0.3, 0.4) is 0 Å². The highest BCUT2D eigenvalue weighted by molar-refractivity contribution is 7.11. The molecular weight excluding hydrogens is 262 g/mol. The molecule has 2 rings (SSSR count). The molecule has 0 unspecified atom stereocenters. The van der Waals surface area contributed by atoms with Crippen molar-refractivity contribution in [1.29, 1.82) is 0 Å². The first-order valence-electron chi connectivity index (χ1n) is 6.44. The van der Waals surface area contributed by atoms with Gasteiger partial charge >= 0.3 is 0 Å². The number of nitrogens with two attached hydrogens (primary N) is 1. The van der Waals surface area contributed by atoms with Gasteiger partial charge in [-0.2, -0.15) is 0 Å². The number of thiazole rings is 1. The van der Waals surface area contributed by atoms with Crippen LogP contribution in [0.4, 0.5) is 0 Å².